The van der Waals surface area contributed by atoms with Crippen LogP contribution in [-0.2, 0) is 6.54 Å². The lowest BCUT2D eigenvalue weighted by Crippen LogP contribution is -2.00. The minimum Gasteiger partial charge on any atom is -0.380 e. The van der Waals surface area contributed by atoms with Crippen molar-refractivity contribution in [3.63, 3.8) is 0 Å². The summed E-state index contributed by atoms with van der Waals surface area (Å²) >= 11 is 15.5. The van der Waals surface area contributed by atoms with Crippen molar-refractivity contribution in [2.75, 3.05) is 5.32 Å². The Bertz CT molecular complexity index is 529. The van der Waals surface area contributed by atoms with E-state index in [1.54, 1.807) is 12.1 Å². The summed E-state index contributed by atoms with van der Waals surface area (Å²) in [5.74, 6) is 0. The molecule has 0 bridgehead atoms. The topological polar surface area (TPSA) is 12.0 Å². The van der Waals surface area contributed by atoms with Crippen LogP contribution in [0.4, 0.5) is 5.69 Å². The Balaban J connectivity index is 2.12. The highest BCUT2D eigenvalue weighted by Gasteiger charge is 2.02. The molecule has 0 atom stereocenters. The number of benzene rings is 2. The van der Waals surface area contributed by atoms with Crippen LogP contribution in [0.2, 0.25) is 10.0 Å². The Morgan fingerprint density at radius 1 is 1.06 bits per heavy atom. The molecular weight excluding hydrogens is 321 g/mol. The number of hydrogen-bond donors (Lipinski definition) is 1. The first-order valence-corrected chi connectivity index (χ1v) is 6.64. The molecule has 2 aromatic rings. The molecule has 0 amide bonds. The Hall–Kier alpha value is -0.700. The predicted molar refractivity (Wildman–Crippen MR) is 77.9 cm³/mol. The van der Waals surface area contributed by atoms with E-state index in [0.717, 1.165) is 10.2 Å². The SMILES string of the molecule is Clc1ccc(Cl)c(NCc2ccccc2Br)c1. The van der Waals surface area contributed by atoms with E-state index in [0.29, 0.717) is 16.6 Å². The molecule has 0 saturated heterocycles. The van der Waals surface area contributed by atoms with Crippen molar-refractivity contribution < 1.29 is 0 Å². The smallest absolute Gasteiger partial charge is 0.0638 e. The fraction of sp³-hybridized carbons (Fsp3) is 0.0769. The lowest BCUT2D eigenvalue weighted by atomic mass is 10.2. The lowest BCUT2D eigenvalue weighted by Gasteiger charge is -2.10. The molecule has 0 fully saturated rings. The van der Waals surface area contributed by atoms with Gasteiger partial charge in [-0.1, -0.05) is 57.3 Å². The minimum absolute atomic E-state index is 0.668. The zero-order chi connectivity index (χ0) is 12.3. The normalized spacial score (nSPS) is 10.3. The molecule has 88 valence electrons. The van der Waals surface area contributed by atoms with Gasteiger partial charge in [0.2, 0.25) is 0 Å². The maximum atomic E-state index is 6.07. The van der Waals surface area contributed by atoms with Crippen molar-refractivity contribution in [2.45, 2.75) is 6.54 Å². The Kier molecular flexibility index (Phi) is 4.32. The van der Waals surface area contributed by atoms with E-state index >= 15 is 0 Å². The van der Waals surface area contributed by atoms with Crippen molar-refractivity contribution >= 4 is 44.8 Å². The van der Waals surface area contributed by atoms with Gasteiger partial charge < -0.3 is 5.32 Å². The second kappa shape index (κ2) is 5.76. The van der Waals surface area contributed by atoms with Crippen molar-refractivity contribution in [1.29, 1.82) is 0 Å². The molecule has 1 nitrogen and oxygen atoms in total. The number of rotatable bonds is 3. The average Bonchev–Trinajstić information content (AvgIpc) is 2.32. The third-order valence-electron chi connectivity index (χ3n) is 2.36. The Morgan fingerprint density at radius 3 is 2.59 bits per heavy atom. The molecule has 4 heteroatoms. The van der Waals surface area contributed by atoms with E-state index in [9.17, 15) is 0 Å². The maximum Gasteiger partial charge on any atom is 0.0638 e. The zero-order valence-electron chi connectivity index (χ0n) is 8.88. The highest BCUT2D eigenvalue weighted by atomic mass is 79.9. The number of hydrogen-bond acceptors (Lipinski definition) is 1. The molecule has 2 rings (SSSR count). The molecule has 0 aliphatic rings. The Morgan fingerprint density at radius 2 is 1.82 bits per heavy atom. The monoisotopic (exact) mass is 329 g/mol. The van der Waals surface area contributed by atoms with Crippen LogP contribution >= 0.6 is 39.1 Å². The minimum atomic E-state index is 0.668. The maximum absolute atomic E-state index is 6.07. The molecule has 0 aliphatic heterocycles. The third kappa shape index (κ3) is 3.38. The number of halogens is 3. The van der Waals surface area contributed by atoms with Gasteiger partial charge in [0.25, 0.3) is 0 Å². The zero-order valence-corrected chi connectivity index (χ0v) is 12.0. The number of nitrogens with one attached hydrogen (secondary N) is 1. The van der Waals surface area contributed by atoms with Gasteiger partial charge in [0, 0.05) is 16.0 Å². The van der Waals surface area contributed by atoms with Crippen molar-refractivity contribution in [1.82, 2.24) is 0 Å². The lowest BCUT2D eigenvalue weighted by molar-refractivity contribution is 1.14. The van der Waals surface area contributed by atoms with Crippen LogP contribution in [0.15, 0.2) is 46.9 Å². The summed E-state index contributed by atoms with van der Waals surface area (Å²) in [5.41, 5.74) is 2.01. The summed E-state index contributed by atoms with van der Waals surface area (Å²) in [4.78, 5) is 0. The van der Waals surface area contributed by atoms with Gasteiger partial charge in [0.1, 0.15) is 0 Å². The first-order chi connectivity index (χ1) is 8.16. The first-order valence-electron chi connectivity index (χ1n) is 5.09. The highest BCUT2D eigenvalue weighted by Crippen LogP contribution is 2.26. The second-order valence-electron chi connectivity index (χ2n) is 3.57. The van der Waals surface area contributed by atoms with Gasteiger partial charge >= 0.3 is 0 Å². The van der Waals surface area contributed by atoms with Crippen LogP contribution in [-0.4, -0.2) is 0 Å². The van der Waals surface area contributed by atoms with E-state index in [4.69, 9.17) is 23.2 Å². The average molecular weight is 331 g/mol. The van der Waals surface area contributed by atoms with Gasteiger partial charge in [-0.05, 0) is 29.8 Å². The molecule has 0 aromatic heterocycles. The van der Waals surface area contributed by atoms with E-state index in [-0.39, 0.29) is 0 Å². The summed E-state index contributed by atoms with van der Waals surface area (Å²) in [6.07, 6.45) is 0. The largest absolute Gasteiger partial charge is 0.380 e. The number of anilines is 1. The van der Waals surface area contributed by atoms with Crippen molar-refractivity contribution in [3.05, 3.63) is 62.5 Å². The van der Waals surface area contributed by atoms with Crippen LogP contribution in [0.3, 0.4) is 0 Å². The molecule has 1 N–H and O–H groups in total. The van der Waals surface area contributed by atoms with Gasteiger partial charge in [-0.15, -0.1) is 0 Å². The standard InChI is InChI=1S/C13H10BrCl2N/c14-11-4-2-1-3-9(11)8-17-13-7-10(15)5-6-12(13)16/h1-7,17H,8H2. The molecule has 0 aliphatic carbocycles. The van der Waals surface area contributed by atoms with Crippen molar-refractivity contribution in [3.8, 4) is 0 Å². The highest BCUT2D eigenvalue weighted by molar-refractivity contribution is 9.10. The summed E-state index contributed by atoms with van der Waals surface area (Å²) in [5, 5.41) is 4.60. The fourth-order valence-electron chi connectivity index (χ4n) is 1.47. The molecule has 0 unspecified atom stereocenters. The molecule has 17 heavy (non-hydrogen) atoms. The summed E-state index contributed by atoms with van der Waals surface area (Å²) < 4.78 is 1.07. The van der Waals surface area contributed by atoms with Crippen LogP contribution < -0.4 is 5.32 Å². The van der Waals surface area contributed by atoms with E-state index in [1.165, 1.54) is 5.56 Å². The second-order valence-corrected chi connectivity index (χ2v) is 5.27. The van der Waals surface area contributed by atoms with Gasteiger partial charge in [-0.25, -0.2) is 0 Å². The van der Waals surface area contributed by atoms with Gasteiger partial charge in [-0.2, -0.15) is 0 Å². The molecule has 0 heterocycles. The van der Waals surface area contributed by atoms with E-state index in [1.807, 2.05) is 24.3 Å². The summed E-state index contributed by atoms with van der Waals surface area (Å²) in [7, 11) is 0. The van der Waals surface area contributed by atoms with E-state index in [2.05, 4.69) is 27.3 Å². The van der Waals surface area contributed by atoms with Crippen LogP contribution in [0, 0.1) is 0 Å². The molecule has 0 radical (unpaired) electrons. The summed E-state index contributed by atoms with van der Waals surface area (Å²) in [6, 6.07) is 13.4. The van der Waals surface area contributed by atoms with Gasteiger partial charge in [-0.3, -0.25) is 0 Å². The van der Waals surface area contributed by atoms with Gasteiger partial charge in [0.15, 0.2) is 0 Å². The molecule has 0 saturated carbocycles. The Labute approximate surface area is 119 Å². The fourth-order valence-corrected chi connectivity index (χ4v) is 2.25. The predicted octanol–water partition coefficient (Wildman–Crippen LogP) is 5.37. The molecule has 0 spiro atoms. The molecule has 2 aromatic carbocycles. The van der Waals surface area contributed by atoms with Crippen LogP contribution in [0.5, 0.6) is 0 Å². The first kappa shape index (κ1) is 12.7. The summed E-state index contributed by atoms with van der Waals surface area (Å²) in [6.45, 7) is 0.696. The quantitative estimate of drug-likeness (QED) is 0.797. The van der Waals surface area contributed by atoms with Crippen LogP contribution in [0.25, 0.3) is 0 Å². The third-order valence-corrected chi connectivity index (χ3v) is 3.69. The van der Waals surface area contributed by atoms with E-state index < -0.39 is 0 Å². The van der Waals surface area contributed by atoms with Crippen LogP contribution in [0.1, 0.15) is 5.56 Å². The van der Waals surface area contributed by atoms with Crippen molar-refractivity contribution in [2.24, 2.45) is 0 Å². The van der Waals surface area contributed by atoms with Gasteiger partial charge in [0.05, 0.1) is 10.7 Å². The molecular formula is C13H10BrCl2N.